The van der Waals surface area contributed by atoms with E-state index in [-0.39, 0.29) is 5.91 Å². The second kappa shape index (κ2) is 5.44. The second-order valence-electron chi connectivity index (χ2n) is 4.61. The van der Waals surface area contributed by atoms with Crippen molar-refractivity contribution in [1.82, 2.24) is 10.3 Å². The zero-order chi connectivity index (χ0) is 15.7. The SMILES string of the molecule is CNC(=O)c1cnc(NC)c2c1Nc1c(OC)cccc1O2. The molecule has 22 heavy (non-hydrogen) atoms. The van der Waals surface area contributed by atoms with Gasteiger partial charge >= 0.3 is 0 Å². The largest absolute Gasteiger partial charge is 0.494 e. The summed E-state index contributed by atoms with van der Waals surface area (Å²) in [6, 6.07) is 5.47. The molecule has 1 aliphatic heterocycles. The zero-order valence-corrected chi connectivity index (χ0v) is 12.5. The number of para-hydroxylation sites is 1. The molecule has 0 saturated heterocycles. The Balaban J connectivity index is 2.18. The number of fused-ring (bicyclic) bond motifs is 2. The summed E-state index contributed by atoms with van der Waals surface area (Å²) in [6.07, 6.45) is 1.50. The standard InChI is InChI=1S/C15H16N4O3/c1-16-14-13-11(8(7-18-14)15(20)17-2)19-12-9(21-3)5-4-6-10(12)22-13/h4-7,19H,1-3H3,(H,16,18)(H,17,20). The highest BCUT2D eigenvalue weighted by atomic mass is 16.5. The molecule has 0 bridgehead atoms. The van der Waals surface area contributed by atoms with Crippen LogP contribution in [0.4, 0.5) is 17.2 Å². The minimum Gasteiger partial charge on any atom is -0.494 e. The summed E-state index contributed by atoms with van der Waals surface area (Å²) in [5.41, 5.74) is 1.62. The summed E-state index contributed by atoms with van der Waals surface area (Å²) in [7, 11) is 4.89. The molecule has 0 atom stereocenters. The Morgan fingerprint density at radius 3 is 2.82 bits per heavy atom. The number of methoxy groups -OCH3 is 1. The van der Waals surface area contributed by atoms with Gasteiger partial charge in [-0.2, -0.15) is 0 Å². The van der Waals surface area contributed by atoms with Crippen LogP contribution in [-0.4, -0.2) is 32.1 Å². The summed E-state index contributed by atoms with van der Waals surface area (Å²) in [6.45, 7) is 0. The number of anilines is 3. The molecule has 0 saturated carbocycles. The highest BCUT2D eigenvalue weighted by Gasteiger charge is 2.27. The first-order chi connectivity index (χ1) is 10.7. The maximum atomic E-state index is 12.1. The lowest BCUT2D eigenvalue weighted by atomic mass is 10.1. The molecule has 3 N–H and O–H groups in total. The summed E-state index contributed by atoms with van der Waals surface area (Å²) in [5, 5.41) is 8.78. The van der Waals surface area contributed by atoms with E-state index in [9.17, 15) is 4.79 Å². The lowest BCUT2D eigenvalue weighted by Crippen LogP contribution is -2.21. The van der Waals surface area contributed by atoms with Gasteiger partial charge in [0.15, 0.2) is 17.3 Å². The first kappa shape index (κ1) is 14.0. The number of nitrogens with one attached hydrogen (secondary N) is 3. The average Bonchev–Trinajstić information content (AvgIpc) is 2.57. The van der Waals surface area contributed by atoms with Gasteiger partial charge in [0, 0.05) is 20.3 Å². The van der Waals surface area contributed by atoms with Gasteiger partial charge in [0.1, 0.15) is 17.1 Å². The number of nitrogens with zero attached hydrogens (tertiary/aromatic N) is 1. The summed E-state index contributed by atoms with van der Waals surface area (Å²) in [4.78, 5) is 16.3. The van der Waals surface area contributed by atoms with Crippen LogP contribution in [0, 0.1) is 0 Å². The molecule has 0 radical (unpaired) electrons. The number of benzene rings is 1. The van der Waals surface area contributed by atoms with Crippen LogP contribution in [0.2, 0.25) is 0 Å². The van der Waals surface area contributed by atoms with Crippen molar-refractivity contribution >= 4 is 23.1 Å². The maximum Gasteiger partial charge on any atom is 0.254 e. The van der Waals surface area contributed by atoms with Gasteiger partial charge in [0.25, 0.3) is 5.91 Å². The van der Waals surface area contributed by atoms with Crippen LogP contribution in [-0.2, 0) is 0 Å². The predicted octanol–water partition coefficient (Wildman–Crippen LogP) is 2.34. The van der Waals surface area contributed by atoms with Crippen molar-refractivity contribution in [2.24, 2.45) is 0 Å². The van der Waals surface area contributed by atoms with Crippen molar-refractivity contribution in [2.75, 3.05) is 31.8 Å². The van der Waals surface area contributed by atoms with Gasteiger partial charge in [-0.05, 0) is 12.1 Å². The van der Waals surface area contributed by atoms with E-state index in [1.807, 2.05) is 18.2 Å². The first-order valence-corrected chi connectivity index (χ1v) is 6.74. The van der Waals surface area contributed by atoms with Gasteiger partial charge in [0.05, 0.1) is 12.7 Å². The molecule has 1 aromatic heterocycles. The van der Waals surface area contributed by atoms with Crippen molar-refractivity contribution < 1.29 is 14.3 Å². The fourth-order valence-corrected chi connectivity index (χ4v) is 2.33. The number of aromatic nitrogens is 1. The summed E-state index contributed by atoms with van der Waals surface area (Å²) >= 11 is 0. The Morgan fingerprint density at radius 1 is 1.32 bits per heavy atom. The van der Waals surface area contributed by atoms with Crippen LogP contribution in [0.3, 0.4) is 0 Å². The quantitative estimate of drug-likeness (QED) is 0.688. The number of pyridine rings is 1. The van der Waals surface area contributed by atoms with E-state index in [0.29, 0.717) is 40.0 Å². The minimum atomic E-state index is -0.249. The van der Waals surface area contributed by atoms with Crippen LogP contribution < -0.4 is 25.4 Å². The molecule has 7 nitrogen and oxygen atoms in total. The monoisotopic (exact) mass is 300 g/mol. The third-order valence-electron chi connectivity index (χ3n) is 3.41. The minimum absolute atomic E-state index is 0.249. The number of carbonyl (C=O) groups excluding carboxylic acids is 1. The normalized spacial score (nSPS) is 11.4. The molecule has 1 amide bonds. The number of carbonyl (C=O) groups is 1. The van der Waals surface area contributed by atoms with Crippen molar-refractivity contribution in [3.8, 4) is 17.2 Å². The number of amides is 1. The Labute approximate surface area is 127 Å². The van der Waals surface area contributed by atoms with Crippen LogP contribution in [0.5, 0.6) is 17.2 Å². The molecule has 7 heteroatoms. The van der Waals surface area contributed by atoms with E-state index in [1.54, 1.807) is 21.2 Å². The van der Waals surface area contributed by atoms with Crippen LogP contribution in [0.1, 0.15) is 10.4 Å². The smallest absolute Gasteiger partial charge is 0.254 e. The molecule has 0 unspecified atom stereocenters. The molecule has 2 aromatic rings. The maximum absolute atomic E-state index is 12.1. The predicted molar refractivity (Wildman–Crippen MR) is 83.5 cm³/mol. The van der Waals surface area contributed by atoms with Crippen LogP contribution >= 0.6 is 0 Å². The van der Waals surface area contributed by atoms with E-state index in [1.165, 1.54) is 6.20 Å². The highest BCUT2D eigenvalue weighted by molar-refractivity contribution is 6.03. The first-order valence-electron chi connectivity index (χ1n) is 6.74. The topological polar surface area (TPSA) is 84.5 Å². The number of rotatable bonds is 3. The molecule has 2 heterocycles. The third kappa shape index (κ3) is 2.07. The van der Waals surface area contributed by atoms with Crippen molar-refractivity contribution in [2.45, 2.75) is 0 Å². The Hall–Kier alpha value is -2.96. The Morgan fingerprint density at radius 2 is 2.14 bits per heavy atom. The Bertz CT molecular complexity index is 746. The van der Waals surface area contributed by atoms with Crippen molar-refractivity contribution in [3.63, 3.8) is 0 Å². The van der Waals surface area contributed by atoms with Crippen LogP contribution in [0.25, 0.3) is 0 Å². The number of ether oxygens (including phenoxy) is 2. The van der Waals surface area contributed by atoms with E-state index in [0.717, 1.165) is 0 Å². The van der Waals surface area contributed by atoms with Crippen molar-refractivity contribution in [3.05, 3.63) is 30.0 Å². The van der Waals surface area contributed by atoms with Gasteiger partial charge in [-0.15, -0.1) is 0 Å². The lowest BCUT2D eigenvalue weighted by Gasteiger charge is -2.26. The molecule has 114 valence electrons. The zero-order valence-electron chi connectivity index (χ0n) is 12.5. The highest BCUT2D eigenvalue weighted by Crippen LogP contribution is 2.49. The van der Waals surface area contributed by atoms with E-state index >= 15 is 0 Å². The Kier molecular flexibility index (Phi) is 3.46. The van der Waals surface area contributed by atoms with Gasteiger partial charge in [-0.3, -0.25) is 4.79 Å². The third-order valence-corrected chi connectivity index (χ3v) is 3.41. The average molecular weight is 300 g/mol. The molecule has 0 aliphatic carbocycles. The molecule has 0 fully saturated rings. The lowest BCUT2D eigenvalue weighted by molar-refractivity contribution is 0.0963. The molecule has 0 spiro atoms. The fraction of sp³-hybridized carbons (Fsp3) is 0.200. The van der Waals surface area contributed by atoms with Gasteiger partial charge in [-0.25, -0.2) is 4.98 Å². The summed E-state index contributed by atoms with van der Waals surface area (Å²) < 4.78 is 11.3. The van der Waals surface area contributed by atoms with E-state index in [2.05, 4.69) is 20.9 Å². The summed E-state index contributed by atoms with van der Waals surface area (Å²) in [5.74, 6) is 2.02. The van der Waals surface area contributed by atoms with Gasteiger partial charge in [0.2, 0.25) is 0 Å². The molecule has 3 rings (SSSR count). The van der Waals surface area contributed by atoms with Gasteiger partial charge < -0.3 is 25.4 Å². The fourth-order valence-electron chi connectivity index (χ4n) is 2.33. The van der Waals surface area contributed by atoms with Crippen molar-refractivity contribution in [1.29, 1.82) is 0 Å². The van der Waals surface area contributed by atoms with Crippen LogP contribution in [0.15, 0.2) is 24.4 Å². The number of hydrogen-bond donors (Lipinski definition) is 3. The number of hydrogen-bond acceptors (Lipinski definition) is 6. The molecule has 1 aromatic carbocycles. The second-order valence-corrected chi connectivity index (χ2v) is 4.61. The van der Waals surface area contributed by atoms with Gasteiger partial charge in [-0.1, -0.05) is 6.07 Å². The molecular formula is C15H16N4O3. The molecular weight excluding hydrogens is 284 g/mol. The van der Waals surface area contributed by atoms with E-state index < -0.39 is 0 Å². The molecule has 1 aliphatic rings. The van der Waals surface area contributed by atoms with E-state index in [4.69, 9.17) is 9.47 Å².